The Labute approximate surface area is 195 Å². The first-order chi connectivity index (χ1) is 13.3. The van der Waals surface area contributed by atoms with Crippen LogP contribution in [0.25, 0.3) is 0 Å². The summed E-state index contributed by atoms with van der Waals surface area (Å²) in [6, 6.07) is 8.56. The fourth-order valence-electron chi connectivity index (χ4n) is 2.35. The summed E-state index contributed by atoms with van der Waals surface area (Å²) in [4.78, 5) is 10.5. The van der Waals surface area contributed by atoms with Gasteiger partial charge in [-0.3, -0.25) is 4.99 Å². The normalized spacial score (nSPS) is 11.1. The third-order valence-electron chi connectivity index (χ3n) is 3.65. The average molecular weight is 560 g/mol. The quantitative estimate of drug-likeness (QED) is 0.296. The van der Waals surface area contributed by atoms with Crippen molar-refractivity contribution in [2.45, 2.75) is 19.7 Å². The van der Waals surface area contributed by atoms with Gasteiger partial charge in [-0.05, 0) is 24.3 Å². The number of pyridine rings is 1. The Kier molecular flexibility index (Phi) is 10.7. The Bertz CT molecular complexity index is 840. The van der Waals surface area contributed by atoms with Crippen molar-refractivity contribution in [3.63, 3.8) is 0 Å². The molecule has 29 heavy (non-hydrogen) atoms. The Morgan fingerprint density at radius 3 is 2.52 bits per heavy atom. The molecule has 6 nitrogen and oxygen atoms in total. The fourth-order valence-corrected chi connectivity index (χ4v) is 2.93. The number of halogens is 5. The molecular weight excluding hydrogens is 538 g/mol. The highest BCUT2D eigenvalue weighted by atomic mass is 127. The predicted octanol–water partition coefficient (Wildman–Crippen LogP) is 4.54. The van der Waals surface area contributed by atoms with Gasteiger partial charge in [-0.1, -0.05) is 29.3 Å². The highest BCUT2D eigenvalue weighted by Crippen LogP contribution is 2.33. The molecule has 0 aliphatic heterocycles. The predicted molar refractivity (Wildman–Crippen MR) is 124 cm³/mol. The third-order valence-corrected chi connectivity index (χ3v) is 4.15. The number of hydrogen-bond donors (Lipinski definition) is 2. The van der Waals surface area contributed by atoms with Crippen LogP contribution in [0.1, 0.15) is 11.3 Å². The van der Waals surface area contributed by atoms with Gasteiger partial charge in [-0.15, -0.1) is 24.0 Å². The summed E-state index contributed by atoms with van der Waals surface area (Å²) in [5, 5.41) is 6.46. The average Bonchev–Trinajstić information content (AvgIpc) is 2.64. The first-order valence-electron chi connectivity index (χ1n) is 8.30. The maximum absolute atomic E-state index is 12.7. The maximum atomic E-state index is 12.7. The van der Waals surface area contributed by atoms with Crippen molar-refractivity contribution in [2.24, 2.45) is 4.99 Å². The molecule has 0 saturated carbocycles. The third kappa shape index (κ3) is 7.98. The summed E-state index contributed by atoms with van der Waals surface area (Å²) in [7, 11) is 5.42. The molecule has 0 unspecified atom stereocenters. The van der Waals surface area contributed by atoms with Crippen LogP contribution in [0, 0.1) is 0 Å². The van der Waals surface area contributed by atoms with E-state index in [0.29, 0.717) is 23.1 Å². The zero-order valence-corrected chi connectivity index (χ0v) is 19.9. The van der Waals surface area contributed by atoms with Gasteiger partial charge in [0.1, 0.15) is 11.6 Å². The van der Waals surface area contributed by atoms with E-state index in [0.717, 1.165) is 11.5 Å². The van der Waals surface area contributed by atoms with Crippen molar-refractivity contribution < 1.29 is 13.5 Å². The zero-order valence-electron chi connectivity index (χ0n) is 16.0. The van der Waals surface area contributed by atoms with E-state index >= 15 is 0 Å². The highest BCUT2D eigenvalue weighted by Gasteiger charge is 2.15. The van der Waals surface area contributed by atoms with Crippen molar-refractivity contribution in [3.05, 3.63) is 51.6 Å². The van der Waals surface area contributed by atoms with E-state index in [1.807, 2.05) is 37.2 Å². The molecule has 1 aromatic carbocycles. The number of rotatable bonds is 7. The number of benzene rings is 1. The second kappa shape index (κ2) is 12.2. The number of alkyl halides is 2. The summed E-state index contributed by atoms with van der Waals surface area (Å²) in [6.45, 7) is -2.43. The lowest BCUT2D eigenvalue weighted by Crippen LogP contribution is -2.36. The van der Waals surface area contributed by atoms with Crippen LogP contribution in [0.3, 0.4) is 0 Å². The van der Waals surface area contributed by atoms with Gasteiger partial charge < -0.3 is 20.3 Å². The van der Waals surface area contributed by atoms with Crippen molar-refractivity contribution in [2.75, 3.05) is 26.0 Å². The molecule has 0 saturated heterocycles. The molecule has 0 amide bonds. The number of aliphatic imine (C=N–C) groups is 1. The van der Waals surface area contributed by atoms with Gasteiger partial charge in [-0.25, -0.2) is 4.98 Å². The molecule has 160 valence electrons. The van der Waals surface area contributed by atoms with E-state index in [-0.39, 0.29) is 41.3 Å². The van der Waals surface area contributed by atoms with Gasteiger partial charge in [0.2, 0.25) is 0 Å². The zero-order chi connectivity index (χ0) is 20.7. The first kappa shape index (κ1) is 25.4. The minimum absolute atomic E-state index is 0. The molecule has 1 heterocycles. The topological polar surface area (TPSA) is 61.8 Å². The van der Waals surface area contributed by atoms with Crippen molar-refractivity contribution in [1.29, 1.82) is 0 Å². The second-order valence-corrected chi connectivity index (χ2v) is 6.76. The van der Waals surface area contributed by atoms with Gasteiger partial charge >= 0.3 is 6.61 Å². The summed E-state index contributed by atoms with van der Waals surface area (Å²) in [5.41, 5.74) is 1.20. The lowest BCUT2D eigenvalue weighted by atomic mass is 10.2. The fraction of sp³-hybridized carbons (Fsp3) is 0.333. The van der Waals surface area contributed by atoms with Crippen molar-refractivity contribution >= 4 is 59.0 Å². The maximum Gasteiger partial charge on any atom is 0.387 e. The molecule has 0 aliphatic rings. The summed E-state index contributed by atoms with van der Waals surface area (Å²) < 4.78 is 29.8. The number of guanidine groups is 1. The Morgan fingerprint density at radius 1 is 1.21 bits per heavy atom. The van der Waals surface area contributed by atoms with Crippen molar-refractivity contribution in [3.8, 4) is 5.75 Å². The van der Waals surface area contributed by atoms with E-state index in [1.54, 1.807) is 7.05 Å². The van der Waals surface area contributed by atoms with E-state index in [9.17, 15) is 8.78 Å². The summed E-state index contributed by atoms with van der Waals surface area (Å²) in [6.07, 6.45) is 0. The van der Waals surface area contributed by atoms with Gasteiger partial charge in [0.25, 0.3) is 0 Å². The number of hydrogen-bond acceptors (Lipinski definition) is 4. The van der Waals surface area contributed by atoms with Gasteiger partial charge in [0.15, 0.2) is 5.96 Å². The number of aromatic nitrogens is 1. The molecular formula is C18H22Cl2F2IN5O. The van der Waals surface area contributed by atoms with E-state index < -0.39 is 6.61 Å². The molecule has 0 atom stereocenters. The standard InChI is InChI=1S/C18H21Cl2F2N5O.HI/c1-23-18(25-10-13-5-4-6-15(26-13)27(2)3)24-9-11-7-12(19)8-14(20)16(11)28-17(21)22;/h4-8,17H,9-10H2,1-3H3,(H2,23,24,25);1H. The van der Waals surface area contributed by atoms with Crippen LogP contribution < -0.4 is 20.3 Å². The van der Waals surface area contributed by atoms with Crippen molar-refractivity contribution in [1.82, 2.24) is 15.6 Å². The molecule has 0 spiro atoms. The lowest BCUT2D eigenvalue weighted by molar-refractivity contribution is -0.0504. The van der Waals surface area contributed by atoms with Crippen LogP contribution >= 0.6 is 47.2 Å². The number of ether oxygens (including phenoxy) is 1. The molecule has 1 aromatic heterocycles. The SMILES string of the molecule is CN=C(NCc1cccc(N(C)C)n1)NCc1cc(Cl)cc(Cl)c1OC(F)F.I. The Morgan fingerprint density at radius 2 is 1.90 bits per heavy atom. The Balaban J connectivity index is 0.00000420. The van der Waals surface area contributed by atoms with Crippen LogP contribution in [-0.4, -0.2) is 38.7 Å². The largest absolute Gasteiger partial charge is 0.433 e. The van der Waals surface area contributed by atoms with E-state index in [1.165, 1.54) is 12.1 Å². The Hall–Kier alpha value is -1.59. The molecule has 2 N–H and O–H groups in total. The highest BCUT2D eigenvalue weighted by molar-refractivity contribution is 14.0. The van der Waals surface area contributed by atoms with Gasteiger partial charge in [0.05, 0.1) is 17.3 Å². The molecule has 2 rings (SSSR count). The van der Waals surface area contributed by atoms with Crippen LogP contribution in [0.2, 0.25) is 10.0 Å². The van der Waals surface area contributed by atoms with E-state index in [4.69, 9.17) is 23.2 Å². The van der Waals surface area contributed by atoms with Crippen LogP contribution in [0.5, 0.6) is 5.75 Å². The molecule has 0 fully saturated rings. The summed E-state index contributed by atoms with van der Waals surface area (Å²) >= 11 is 12.0. The number of nitrogens with one attached hydrogen (secondary N) is 2. The molecule has 0 bridgehead atoms. The minimum Gasteiger partial charge on any atom is -0.433 e. The van der Waals surface area contributed by atoms with Gasteiger partial charge in [0, 0.05) is 38.3 Å². The first-order valence-corrected chi connectivity index (χ1v) is 9.06. The van der Waals surface area contributed by atoms with E-state index in [2.05, 4.69) is 25.3 Å². The van der Waals surface area contributed by atoms with Gasteiger partial charge in [-0.2, -0.15) is 8.78 Å². The van der Waals surface area contributed by atoms with Crippen LogP contribution in [-0.2, 0) is 13.1 Å². The van der Waals surface area contributed by atoms with Crippen LogP contribution in [0.4, 0.5) is 14.6 Å². The lowest BCUT2D eigenvalue weighted by Gasteiger charge is -2.16. The minimum atomic E-state index is -3.00. The molecule has 0 aliphatic carbocycles. The summed E-state index contributed by atoms with van der Waals surface area (Å²) in [5.74, 6) is 1.17. The smallest absolute Gasteiger partial charge is 0.387 e. The second-order valence-electron chi connectivity index (χ2n) is 5.92. The molecule has 11 heteroatoms. The number of nitrogens with zero attached hydrogens (tertiary/aromatic N) is 3. The monoisotopic (exact) mass is 559 g/mol. The number of anilines is 1. The van der Waals surface area contributed by atoms with Crippen LogP contribution in [0.15, 0.2) is 35.3 Å². The molecule has 0 radical (unpaired) electrons. The molecule has 2 aromatic rings.